The molecular weight excluding hydrogens is 450 g/mol. The zero-order chi connectivity index (χ0) is 23.2. The van der Waals surface area contributed by atoms with Crippen LogP contribution in [0.1, 0.15) is 33.3 Å². The number of para-hydroxylation sites is 1. The molecule has 0 unspecified atom stereocenters. The quantitative estimate of drug-likeness (QED) is 0.250. The normalized spacial score (nSPS) is 17.1. The Kier molecular flexibility index (Phi) is 4.95. The Morgan fingerprint density at radius 3 is 2.91 bits per heavy atom. The van der Waals surface area contributed by atoms with Gasteiger partial charge >= 0.3 is 5.00 Å². The topological polar surface area (TPSA) is 88.5 Å². The van der Waals surface area contributed by atoms with Crippen LogP contribution >= 0.6 is 11.3 Å². The summed E-state index contributed by atoms with van der Waals surface area (Å²) in [5, 5.41) is 12.2. The lowest BCUT2D eigenvalue weighted by Gasteiger charge is -2.36. The number of H-pyrrole nitrogens is 1. The molecular formula is C26H21N3O4S. The highest BCUT2D eigenvalue weighted by Crippen LogP contribution is 2.40. The number of nitrogens with zero attached hydrogens (tertiary/aromatic N) is 2. The summed E-state index contributed by atoms with van der Waals surface area (Å²) in [6.07, 6.45) is 4.80. The van der Waals surface area contributed by atoms with Gasteiger partial charge in [0.1, 0.15) is 5.75 Å². The fourth-order valence-corrected chi connectivity index (χ4v) is 5.70. The van der Waals surface area contributed by atoms with Crippen molar-refractivity contribution in [2.75, 3.05) is 13.2 Å². The van der Waals surface area contributed by atoms with Gasteiger partial charge in [-0.15, -0.1) is 0 Å². The number of rotatable bonds is 4. The molecule has 2 aromatic carbocycles. The van der Waals surface area contributed by atoms with Crippen molar-refractivity contribution in [3.8, 4) is 5.75 Å². The molecule has 1 N–H and O–H groups in total. The predicted octanol–water partition coefficient (Wildman–Crippen LogP) is 5.26. The second kappa shape index (κ2) is 8.14. The van der Waals surface area contributed by atoms with Crippen molar-refractivity contribution < 1.29 is 14.5 Å². The Labute approximate surface area is 199 Å². The van der Waals surface area contributed by atoms with Crippen LogP contribution in [-0.4, -0.2) is 33.9 Å². The fraction of sp³-hybridized carbons (Fsp3) is 0.192. The van der Waals surface area contributed by atoms with Crippen LogP contribution < -0.4 is 4.74 Å². The van der Waals surface area contributed by atoms with E-state index in [2.05, 4.69) is 23.2 Å². The van der Waals surface area contributed by atoms with Gasteiger partial charge in [0.05, 0.1) is 17.6 Å². The third-order valence-corrected chi connectivity index (χ3v) is 7.53. The lowest BCUT2D eigenvalue weighted by atomic mass is 9.91. The average Bonchev–Trinajstić information content (AvgIpc) is 3.59. The van der Waals surface area contributed by atoms with E-state index in [0.29, 0.717) is 18.0 Å². The summed E-state index contributed by atoms with van der Waals surface area (Å²) in [5.41, 5.74) is 5.57. The van der Waals surface area contributed by atoms with Crippen molar-refractivity contribution >= 4 is 39.2 Å². The maximum Gasteiger partial charge on any atom is 0.324 e. The molecule has 0 saturated heterocycles. The summed E-state index contributed by atoms with van der Waals surface area (Å²) < 4.78 is 5.69. The van der Waals surface area contributed by atoms with E-state index in [9.17, 15) is 14.9 Å². The van der Waals surface area contributed by atoms with Crippen LogP contribution in [0.25, 0.3) is 17.0 Å². The lowest BCUT2D eigenvalue weighted by molar-refractivity contribution is -0.380. The van der Waals surface area contributed by atoms with Gasteiger partial charge in [0, 0.05) is 46.6 Å². The minimum Gasteiger partial charge on any atom is -0.493 e. The molecule has 2 aliphatic rings. The molecule has 0 saturated carbocycles. The number of fused-ring (bicyclic) bond motifs is 4. The van der Waals surface area contributed by atoms with E-state index < -0.39 is 4.92 Å². The number of thiophene rings is 1. The molecule has 0 fully saturated rings. The van der Waals surface area contributed by atoms with Gasteiger partial charge in [0.2, 0.25) is 5.91 Å². The fourth-order valence-electron chi connectivity index (χ4n) is 4.98. The Bertz CT molecular complexity index is 1470. The Balaban J connectivity index is 1.40. The highest BCUT2D eigenvalue weighted by molar-refractivity contribution is 7.16. The Hall–Kier alpha value is -3.91. The first kappa shape index (κ1) is 20.7. The summed E-state index contributed by atoms with van der Waals surface area (Å²) in [7, 11) is 0. The first-order valence-corrected chi connectivity index (χ1v) is 12.0. The zero-order valence-electron chi connectivity index (χ0n) is 18.2. The monoisotopic (exact) mass is 471 g/mol. The van der Waals surface area contributed by atoms with E-state index in [1.807, 2.05) is 29.2 Å². The lowest BCUT2D eigenvalue weighted by Crippen LogP contribution is -2.39. The van der Waals surface area contributed by atoms with Crippen LogP contribution in [0, 0.1) is 10.1 Å². The van der Waals surface area contributed by atoms with E-state index in [0.717, 1.165) is 52.3 Å². The van der Waals surface area contributed by atoms with Crippen molar-refractivity contribution in [2.24, 2.45) is 0 Å². The average molecular weight is 472 g/mol. The summed E-state index contributed by atoms with van der Waals surface area (Å²) in [6, 6.07) is 17.3. The zero-order valence-corrected chi connectivity index (χ0v) is 19.0. The smallest absolute Gasteiger partial charge is 0.324 e. The predicted molar refractivity (Wildman–Crippen MR) is 131 cm³/mol. The number of carbonyl (C=O) groups is 1. The van der Waals surface area contributed by atoms with E-state index >= 15 is 0 Å². The molecule has 7 nitrogen and oxygen atoms in total. The number of amides is 1. The van der Waals surface area contributed by atoms with Gasteiger partial charge in [-0.05, 0) is 53.5 Å². The van der Waals surface area contributed by atoms with E-state index in [1.54, 1.807) is 12.1 Å². The largest absolute Gasteiger partial charge is 0.493 e. The van der Waals surface area contributed by atoms with Crippen LogP contribution in [0.15, 0.2) is 60.7 Å². The highest BCUT2D eigenvalue weighted by atomic mass is 32.1. The number of nitro groups is 1. The molecule has 2 aliphatic heterocycles. The van der Waals surface area contributed by atoms with Gasteiger partial charge in [-0.2, -0.15) is 0 Å². The van der Waals surface area contributed by atoms with Gasteiger partial charge in [-0.3, -0.25) is 14.9 Å². The molecule has 0 radical (unpaired) electrons. The van der Waals surface area contributed by atoms with Crippen molar-refractivity contribution in [1.82, 2.24) is 9.88 Å². The van der Waals surface area contributed by atoms with Gasteiger partial charge < -0.3 is 14.6 Å². The molecule has 2 aromatic heterocycles. The second-order valence-electron chi connectivity index (χ2n) is 8.48. The number of benzene rings is 2. The number of hydrogen-bond acceptors (Lipinski definition) is 5. The minimum absolute atomic E-state index is 0.0611. The maximum absolute atomic E-state index is 13.4. The molecule has 0 aliphatic carbocycles. The summed E-state index contributed by atoms with van der Waals surface area (Å²) >= 11 is 1.06. The maximum atomic E-state index is 13.4. The van der Waals surface area contributed by atoms with Crippen LogP contribution in [0.3, 0.4) is 0 Å². The van der Waals surface area contributed by atoms with Gasteiger partial charge in [0.25, 0.3) is 0 Å². The van der Waals surface area contributed by atoms with Gasteiger partial charge in [0.15, 0.2) is 0 Å². The Morgan fingerprint density at radius 1 is 1.18 bits per heavy atom. The number of hydrogen-bond donors (Lipinski definition) is 1. The molecule has 4 aromatic rings. The number of aromatic nitrogens is 1. The Morgan fingerprint density at radius 2 is 2.06 bits per heavy atom. The minimum atomic E-state index is -0.417. The molecule has 1 amide bonds. The SMILES string of the molecule is O=C(/C=C/c1ccc([N+](=O)[O-])s1)N1CCc2c([nH]c3ccccc23)[C@H]1c1ccc2c(c1)CCO2. The first-order chi connectivity index (χ1) is 16.6. The molecule has 1 atom stereocenters. The van der Waals surface area contributed by atoms with Crippen LogP contribution in [0.5, 0.6) is 5.75 Å². The molecule has 8 heteroatoms. The highest BCUT2D eigenvalue weighted by Gasteiger charge is 2.34. The summed E-state index contributed by atoms with van der Waals surface area (Å²) in [4.78, 5) is 30.1. The van der Waals surface area contributed by atoms with Crippen molar-refractivity contribution in [1.29, 1.82) is 0 Å². The number of carbonyl (C=O) groups excluding carboxylic acids is 1. The number of ether oxygens (including phenoxy) is 1. The van der Waals surface area contributed by atoms with E-state index in [-0.39, 0.29) is 17.0 Å². The van der Waals surface area contributed by atoms with Crippen molar-refractivity contribution in [2.45, 2.75) is 18.9 Å². The van der Waals surface area contributed by atoms with Crippen LogP contribution in [0.4, 0.5) is 5.00 Å². The summed E-state index contributed by atoms with van der Waals surface area (Å²) in [5.74, 6) is 0.788. The van der Waals surface area contributed by atoms with Crippen LogP contribution in [-0.2, 0) is 17.6 Å². The molecule has 6 rings (SSSR count). The first-order valence-electron chi connectivity index (χ1n) is 11.2. The number of nitrogens with one attached hydrogen (secondary N) is 1. The van der Waals surface area contributed by atoms with E-state index in [1.165, 1.54) is 23.1 Å². The third kappa shape index (κ3) is 3.47. The summed E-state index contributed by atoms with van der Waals surface area (Å²) in [6.45, 7) is 1.26. The molecule has 0 spiro atoms. The van der Waals surface area contributed by atoms with Crippen molar-refractivity contribution in [3.05, 3.63) is 98.0 Å². The molecule has 0 bridgehead atoms. The van der Waals surface area contributed by atoms with Gasteiger partial charge in [-0.1, -0.05) is 35.6 Å². The molecule has 4 heterocycles. The second-order valence-corrected chi connectivity index (χ2v) is 9.57. The number of aromatic amines is 1. The van der Waals surface area contributed by atoms with Crippen LogP contribution in [0.2, 0.25) is 0 Å². The molecule has 170 valence electrons. The van der Waals surface area contributed by atoms with E-state index in [4.69, 9.17) is 4.74 Å². The third-order valence-electron chi connectivity index (χ3n) is 6.53. The molecule has 34 heavy (non-hydrogen) atoms. The van der Waals surface area contributed by atoms with Crippen molar-refractivity contribution in [3.63, 3.8) is 0 Å². The standard InChI is InChI=1S/C26H21N3O4S/c30-23(9-6-18-7-10-24(34-18)29(31)32)28-13-11-20-19-3-1-2-4-21(19)27-25(20)26(28)17-5-8-22-16(15-17)12-14-33-22/h1-10,15,26-27H,11-14H2/b9-6+/t26-/m1/s1. The van der Waals surface area contributed by atoms with Gasteiger partial charge in [-0.25, -0.2) is 0 Å².